The Balaban J connectivity index is 0.00000338. The predicted octanol–water partition coefficient (Wildman–Crippen LogP) is 2.45. The second-order valence-electron chi connectivity index (χ2n) is 6.09. The summed E-state index contributed by atoms with van der Waals surface area (Å²) in [6.07, 6.45) is 0.782. The molecule has 2 rings (SSSR count). The highest BCUT2D eigenvalue weighted by molar-refractivity contribution is 5.97. The lowest BCUT2D eigenvalue weighted by Crippen LogP contribution is -2.37. The molecule has 0 aromatic heterocycles. The van der Waals surface area contributed by atoms with E-state index < -0.39 is 0 Å². The molecule has 2 amide bonds. The number of carbonyl (C=O) groups is 2. The number of benzene rings is 2. The van der Waals surface area contributed by atoms with Crippen molar-refractivity contribution in [3.8, 4) is 0 Å². The fraction of sp³-hybridized carbons (Fsp3) is 0.300. The largest absolute Gasteiger partial charge is 0.345 e. The Morgan fingerprint density at radius 3 is 1.88 bits per heavy atom. The fourth-order valence-electron chi connectivity index (χ4n) is 2.58. The molecule has 140 valence electrons. The molecule has 5 nitrogen and oxygen atoms in total. The summed E-state index contributed by atoms with van der Waals surface area (Å²) in [5.41, 5.74) is 7.98. The zero-order valence-corrected chi connectivity index (χ0v) is 16.0. The Morgan fingerprint density at radius 1 is 0.846 bits per heavy atom. The average molecular weight is 376 g/mol. The van der Waals surface area contributed by atoms with E-state index in [1.165, 1.54) is 10.5 Å². The lowest BCUT2D eigenvalue weighted by Gasteiger charge is -2.22. The molecule has 0 fully saturated rings. The van der Waals surface area contributed by atoms with Gasteiger partial charge in [-0.15, -0.1) is 12.4 Å². The van der Waals surface area contributed by atoms with Crippen LogP contribution in [0.2, 0.25) is 0 Å². The maximum Gasteiger partial charge on any atom is 0.253 e. The van der Waals surface area contributed by atoms with E-state index in [2.05, 4.69) is 0 Å². The van der Waals surface area contributed by atoms with Crippen molar-refractivity contribution in [1.82, 2.24) is 9.80 Å². The van der Waals surface area contributed by atoms with Gasteiger partial charge in [-0.05, 0) is 36.2 Å². The van der Waals surface area contributed by atoms with Crippen LogP contribution in [-0.4, -0.2) is 55.3 Å². The van der Waals surface area contributed by atoms with Crippen molar-refractivity contribution in [3.63, 3.8) is 0 Å². The number of rotatable bonds is 7. The number of amides is 2. The van der Waals surface area contributed by atoms with Crippen LogP contribution in [-0.2, 0) is 6.42 Å². The summed E-state index contributed by atoms with van der Waals surface area (Å²) < 4.78 is 0. The number of hydrogen-bond acceptors (Lipinski definition) is 3. The molecule has 2 aromatic carbocycles. The molecule has 0 atom stereocenters. The van der Waals surface area contributed by atoms with Gasteiger partial charge in [-0.25, -0.2) is 0 Å². The molecule has 6 heteroatoms. The smallest absolute Gasteiger partial charge is 0.253 e. The van der Waals surface area contributed by atoms with Crippen LogP contribution in [0.5, 0.6) is 0 Å². The summed E-state index contributed by atoms with van der Waals surface area (Å²) >= 11 is 0. The predicted molar refractivity (Wildman–Crippen MR) is 107 cm³/mol. The number of hydrogen-bond donors (Lipinski definition) is 1. The average Bonchev–Trinajstić information content (AvgIpc) is 2.65. The number of nitrogens with zero attached hydrogens (tertiary/aromatic N) is 2. The minimum absolute atomic E-state index is 0. The van der Waals surface area contributed by atoms with Crippen LogP contribution >= 0.6 is 12.4 Å². The molecule has 0 aliphatic carbocycles. The number of halogens is 1. The molecule has 26 heavy (non-hydrogen) atoms. The first-order valence-electron chi connectivity index (χ1n) is 8.38. The highest BCUT2D eigenvalue weighted by Gasteiger charge is 2.16. The van der Waals surface area contributed by atoms with E-state index in [1.54, 1.807) is 43.3 Å². The van der Waals surface area contributed by atoms with Crippen LogP contribution in [0.3, 0.4) is 0 Å². The first-order valence-corrected chi connectivity index (χ1v) is 8.38. The second-order valence-corrected chi connectivity index (χ2v) is 6.09. The third-order valence-corrected chi connectivity index (χ3v) is 3.98. The molecular formula is C20H26ClN3O2. The van der Waals surface area contributed by atoms with Gasteiger partial charge >= 0.3 is 0 Å². The molecule has 0 heterocycles. The van der Waals surface area contributed by atoms with E-state index in [4.69, 9.17) is 5.73 Å². The van der Waals surface area contributed by atoms with Crippen molar-refractivity contribution in [2.45, 2.75) is 6.42 Å². The van der Waals surface area contributed by atoms with Gasteiger partial charge in [-0.1, -0.05) is 30.3 Å². The molecule has 0 spiro atoms. The highest BCUT2D eigenvalue weighted by atomic mass is 35.5. The van der Waals surface area contributed by atoms with E-state index in [1.807, 2.05) is 30.3 Å². The Hall–Kier alpha value is -2.37. The summed E-state index contributed by atoms with van der Waals surface area (Å²) in [5, 5.41) is 0. The topological polar surface area (TPSA) is 66.6 Å². The van der Waals surface area contributed by atoms with Crippen LogP contribution in [0.4, 0.5) is 0 Å². The minimum atomic E-state index is -0.0816. The van der Waals surface area contributed by atoms with Gasteiger partial charge in [0.1, 0.15) is 0 Å². The van der Waals surface area contributed by atoms with E-state index in [0.29, 0.717) is 30.8 Å². The Kier molecular flexibility index (Phi) is 8.82. The molecule has 0 aliphatic rings. The van der Waals surface area contributed by atoms with Gasteiger partial charge in [0.15, 0.2) is 0 Å². The molecule has 0 aliphatic heterocycles. The lowest BCUT2D eigenvalue weighted by atomic mass is 10.1. The standard InChI is InChI=1S/C20H25N3O2.ClH/c1-22(2)19(24)17-8-10-18(11-9-17)20(25)23(15-13-21)14-12-16-6-4-3-5-7-16;/h3-11H,12-15,21H2,1-2H3;1H. The van der Waals surface area contributed by atoms with Crippen LogP contribution in [0.25, 0.3) is 0 Å². The molecule has 0 bridgehead atoms. The zero-order chi connectivity index (χ0) is 18.2. The quantitative estimate of drug-likeness (QED) is 0.808. The summed E-state index contributed by atoms with van der Waals surface area (Å²) in [6, 6.07) is 16.8. The van der Waals surface area contributed by atoms with Crippen LogP contribution < -0.4 is 5.73 Å². The van der Waals surface area contributed by atoms with Gasteiger partial charge in [0, 0.05) is 44.9 Å². The SMILES string of the molecule is CN(C)C(=O)c1ccc(C(=O)N(CCN)CCc2ccccc2)cc1.Cl. The van der Waals surface area contributed by atoms with Crippen molar-refractivity contribution >= 4 is 24.2 Å². The molecule has 0 radical (unpaired) electrons. The van der Waals surface area contributed by atoms with Gasteiger partial charge in [0.05, 0.1) is 0 Å². The summed E-state index contributed by atoms with van der Waals surface area (Å²) in [4.78, 5) is 28.0. The minimum Gasteiger partial charge on any atom is -0.345 e. The highest BCUT2D eigenvalue weighted by Crippen LogP contribution is 2.10. The van der Waals surface area contributed by atoms with E-state index in [9.17, 15) is 9.59 Å². The molecular weight excluding hydrogens is 350 g/mol. The molecule has 2 aromatic rings. The first kappa shape index (κ1) is 21.7. The van der Waals surface area contributed by atoms with Gasteiger partial charge in [-0.3, -0.25) is 9.59 Å². The third-order valence-electron chi connectivity index (χ3n) is 3.98. The first-order chi connectivity index (χ1) is 12.0. The maximum absolute atomic E-state index is 12.7. The third kappa shape index (κ3) is 5.86. The molecule has 2 N–H and O–H groups in total. The van der Waals surface area contributed by atoms with Crippen LogP contribution in [0.15, 0.2) is 54.6 Å². The van der Waals surface area contributed by atoms with E-state index in [-0.39, 0.29) is 24.2 Å². The molecule has 0 saturated heterocycles. The van der Waals surface area contributed by atoms with Gasteiger partial charge in [0.25, 0.3) is 11.8 Å². The van der Waals surface area contributed by atoms with Crippen molar-refractivity contribution < 1.29 is 9.59 Å². The number of nitrogens with two attached hydrogens (primary N) is 1. The lowest BCUT2D eigenvalue weighted by molar-refractivity contribution is 0.0760. The Labute approximate surface area is 161 Å². The van der Waals surface area contributed by atoms with Gasteiger partial charge < -0.3 is 15.5 Å². The monoisotopic (exact) mass is 375 g/mol. The van der Waals surface area contributed by atoms with Crippen molar-refractivity contribution in [1.29, 1.82) is 0 Å². The van der Waals surface area contributed by atoms with Crippen molar-refractivity contribution in [3.05, 3.63) is 71.3 Å². The summed E-state index contributed by atoms with van der Waals surface area (Å²) in [7, 11) is 3.40. The Bertz CT molecular complexity index is 703. The Morgan fingerprint density at radius 2 is 1.38 bits per heavy atom. The van der Waals surface area contributed by atoms with Gasteiger partial charge in [-0.2, -0.15) is 0 Å². The maximum atomic E-state index is 12.7. The van der Waals surface area contributed by atoms with Crippen LogP contribution in [0, 0.1) is 0 Å². The van der Waals surface area contributed by atoms with Crippen molar-refractivity contribution in [2.24, 2.45) is 5.73 Å². The van der Waals surface area contributed by atoms with Crippen molar-refractivity contribution in [2.75, 3.05) is 33.7 Å². The van der Waals surface area contributed by atoms with E-state index in [0.717, 1.165) is 6.42 Å². The second kappa shape index (κ2) is 10.6. The zero-order valence-electron chi connectivity index (χ0n) is 15.2. The van der Waals surface area contributed by atoms with Crippen LogP contribution in [0.1, 0.15) is 26.3 Å². The number of carbonyl (C=O) groups excluding carboxylic acids is 2. The summed E-state index contributed by atoms with van der Waals surface area (Å²) in [6.45, 7) is 1.53. The molecule has 0 unspecified atom stereocenters. The normalized spacial score (nSPS) is 9.96. The molecule has 0 saturated carbocycles. The fourth-order valence-corrected chi connectivity index (χ4v) is 2.58. The van der Waals surface area contributed by atoms with Gasteiger partial charge in [0.2, 0.25) is 0 Å². The summed E-state index contributed by atoms with van der Waals surface area (Å²) in [5.74, 6) is -0.146. The van der Waals surface area contributed by atoms with E-state index >= 15 is 0 Å².